The van der Waals surface area contributed by atoms with Crippen LogP contribution in [0.25, 0.3) is 0 Å². The third-order valence-electron chi connectivity index (χ3n) is 3.37. The van der Waals surface area contributed by atoms with E-state index in [0.717, 1.165) is 5.56 Å². The molecule has 0 heterocycles. The molecule has 0 aliphatic carbocycles. The SMILES string of the molecule is CC(C(=O)N[C@H](C(=O)O)C(C)C)C(N)c1ccccc1. The maximum atomic E-state index is 12.1. The predicted molar refractivity (Wildman–Crippen MR) is 76.9 cm³/mol. The summed E-state index contributed by atoms with van der Waals surface area (Å²) in [6.45, 7) is 5.20. The first kappa shape index (κ1) is 16.2. The molecule has 0 radical (unpaired) electrons. The van der Waals surface area contributed by atoms with Crippen LogP contribution in [0, 0.1) is 11.8 Å². The first-order valence-electron chi connectivity index (χ1n) is 6.68. The average molecular weight is 278 g/mol. The highest BCUT2D eigenvalue weighted by Gasteiger charge is 2.28. The van der Waals surface area contributed by atoms with Gasteiger partial charge in [0.05, 0.1) is 5.92 Å². The van der Waals surface area contributed by atoms with Crippen molar-refractivity contribution in [1.29, 1.82) is 0 Å². The summed E-state index contributed by atoms with van der Waals surface area (Å²) in [5, 5.41) is 11.6. The quantitative estimate of drug-likeness (QED) is 0.736. The van der Waals surface area contributed by atoms with Crippen LogP contribution in [-0.4, -0.2) is 23.0 Å². The lowest BCUT2D eigenvalue weighted by Gasteiger charge is -2.24. The van der Waals surface area contributed by atoms with E-state index in [1.807, 2.05) is 30.3 Å². The standard InChI is InChI=1S/C15H22N2O3/c1-9(2)13(15(19)20)17-14(18)10(3)12(16)11-7-5-4-6-8-11/h4-10,12-13H,16H2,1-3H3,(H,17,18)(H,19,20)/t10?,12?,13-/m0/s1. The van der Waals surface area contributed by atoms with E-state index in [-0.39, 0.29) is 11.8 Å². The van der Waals surface area contributed by atoms with E-state index in [9.17, 15) is 9.59 Å². The van der Waals surface area contributed by atoms with Crippen molar-refractivity contribution >= 4 is 11.9 Å². The normalized spacial score (nSPS) is 15.4. The number of carboxylic acid groups (broad SMARTS) is 1. The minimum Gasteiger partial charge on any atom is -0.480 e. The van der Waals surface area contributed by atoms with Crippen LogP contribution in [0.2, 0.25) is 0 Å². The van der Waals surface area contributed by atoms with E-state index in [1.54, 1.807) is 20.8 Å². The van der Waals surface area contributed by atoms with Crippen LogP contribution < -0.4 is 11.1 Å². The van der Waals surface area contributed by atoms with Crippen molar-refractivity contribution in [1.82, 2.24) is 5.32 Å². The van der Waals surface area contributed by atoms with Crippen LogP contribution in [-0.2, 0) is 9.59 Å². The van der Waals surface area contributed by atoms with Crippen molar-refractivity contribution in [2.75, 3.05) is 0 Å². The number of carbonyl (C=O) groups is 2. The van der Waals surface area contributed by atoms with Crippen molar-refractivity contribution in [2.24, 2.45) is 17.6 Å². The highest BCUT2D eigenvalue weighted by Crippen LogP contribution is 2.19. The van der Waals surface area contributed by atoms with Gasteiger partial charge in [-0.3, -0.25) is 4.79 Å². The Hall–Kier alpha value is -1.88. The number of nitrogens with two attached hydrogens (primary N) is 1. The molecule has 4 N–H and O–H groups in total. The number of rotatable bonds is 6. The molecule has 0 aromatic heterocycles. The zero-order valence-electron chi connectivity index (χ0n) is 12.0. The van der Waals surface area contributed by atoms with Gasteiger partial charge in [-0.05, 0) is 11.5 Å². The molecule has 0 spiro atoms. The number of benzene rings is 1. The number of nitrogens with one attached hydrogen (secondary N) is 1. The molecule has 0 fully saturated rings. The predicted octanol–water partition coefficient (Wildman–Crippen LogP) is 1.55. The van der Waals surface area contributed by atoms with Gasteiger partial charge in [0, 0.05) is 6.04 Å². The summed E-state index contributed by atoms with van der Waals surface area (Å²) in [6, 6.07) is 7.94. The molecule has 1 amide bonds. The molecule has 0 aliphatic heterocycles. The summed E-state index contributed by atoms with van der Waals surface area (Å²) >= 11 is 0. The van der Waals surface area contributed by atoms with Crippen molar-refractivity contribution < 1.29 is 14.7 Å². The molecular weight excluding hydrogens is 256 g/mol. The largest absolute Gasteiger partial charge is 0.480 e. The monoisotopic (exact) mass is 278 g/mol. The van der Waals surface area contributed by atoms with Gasteiger partial charge in [-0.2, -0.15) is 0 Å². The number of hydrogen-bond acceptors (Lipinski definition) is 3. The summed E-state index contributed by atoms with van der Waals surface area (Å²) in [5.41, 5.74) is 6.91. The van der Waals surface area contributed by atoms with Gasteiger partial charge in [-0.15, -0.1) is 0 Å². The van der Waals surface area contributed by atoms with Crippen molar-refractivity contribution in [3.05, 3.63) is 35.9 Å². The minimum absolute atomic E-state index is 0.184. The Morgan fingerprint density at radius 3 is 2.15 bits per heavy atom. The molecular formula is C15H22N2O3. The second kappa shape index (κ2) is 7.05. The van der Waals surface area contributed by atoms with Gasteiger partial charge in [0.15, 0.2) is 0 Å². The average Bonchev–Trinajstić information content (AvgIpc) is 2.43. The second-order valence-electron chi connectivity index (χ2n) is 5.29. The summed E-state index contributed by atoms with van der Waals surface area (Å²) in [7, 11) is 0. The third kappa shape index (κ3) is 4.06. The number of aliphatic carboxylic acids is 1. The summed E-state index contributed by atoms with van der Waals surface area (Å²) < 4.78 is 0. The topological polar surface area (TPSA) is 92.4 Å². The maximum Gasteiger partial charge on any atom is 0.326 e. The highest BCUT2D eigenvalue weighted by molar-refractivity contribution is 5.85. The van der Waals surface area contributed by atoms with Crippen LogP contribution in [0.5, 0.6) is 0 Å². The zero-order chi connectivity index (χ0) is 15.3. The molecule has 5 nitrogen and oxygen atoms in total. The molecule has 0 aliphatic rings. The lowest BCUT2D eigenvalue weighted by atomic mass is 9.93. The fraction of sp³-hybridized carbons (Fsp3) is 0.467. The number of carboxylic acids is 1. The molecule has 20 heavy (non-hydrogen) atoms. The first-order chi connectivity index (χ1) is 9.34. The van der Waals surface area contributed by atoms with E-state index in [1.165, 1.54) is 0 Å². The van der Waals surface area contributed by atoms with E-state index in [4.69, 9.17) is 10.8 Å². The van der Waals surface area contributed by atoms with Crippen molar-refractivity contribution in [3.63, 3.8) is 0 Å². The Balaban J connectivity index is 2.74. The Kier molecular flexibility index (Phi) is 5.70. The molecule has 2 unspecified atom stereocenters. The molecule has 0 bridgehead atoms. The molecule has 1 rings (SSSR count). The molecule has 110 valence electrons. The second-order valence-corrected chi connectivity index (χ2v) is 5.29. The first-order valence-corrected chi connectivity index (χ1v) is 6.68. The van der Waals surface area contributed by atoms with Gasteiger partial charge in [0.1, 0.15) is 6.04 Å². The van der Waals surface area contributed by atoms with Crippen LogP contribution >= 0.6 is 0 Å². The fourth-order valence-corrected chi connectivity index (χ4v) is 1.93. The van der Waals surface area contributed by atoms with E-state index >= 15 is 0 Å². The number of amides is 1. The Labute approximate surface area is 119 Å². The molecule has 0 saturated carbocycles. The fourth-order valence-electron chi connectivity index (χ4n) is 1.93. The highest BCUT2D eigenvalue weighted by atomic mass is 16.4. The van der Waals surface area contributed by atoms with E-state index in [2.05, 4.69) is 5.32 Å². The van der Waals surface area contributed by atoms with E-state index in [0.29, 0.717) is 0 Å². The number of carbonyl (C=O) groups excluding carboxylic acids is 1. The molecule has 5 heteroatoms. The van der Waals surface area contributed by atoms with Gasteiger partial charge in [-0.1, -0.05) is 51.1 Å². The van der Waals surface area contributed by atoms with Gasteiger partial charge in [-0.25, -0.2) is 4.79 Å². The molecule has 3 atom stereocenters. The van der Waals surface area contributed by atoms with Crippen LogP contribution in [0.4, 0.5) is 0 Å². The lowest BCUT2D eigenvalue weighted by Crippen LogP contribution is -2.47. The molecule has 1 aromatic rings. The molecule has 0 saturated heterocycles. The summed E-state index contributed by atoms with van der Waals surface area (Å²) in [6.07, 6.45) is 0. The van der Waals surface area contributed by atoms with Gasteiger partial charge < -0.3 is 16.2 Å². The summed E-state index contributed by atoms with van der Waals surface area (Å²) in [4.78, 5) is 23.2. The van der Waals surface area contributed by atoms with Gasteiger partial charge >= 0.3 is 5.97 Å². The Morgan fingerprint density at radius 1 is 1.15 bits per heavy atom. The van der Waals surface area contributed by atoms with Crippen LogP contribution in [0.3, 0.4) is 0 Å². The van der Waals surface area contributed by atoms with Crippen molar-refractivity contribution in [3.8, 4) is 0 Å². The maximum absolute atomic E-state index is 12.1. The summed E-state index contributed by atoms with van der Waals surface area (Å²) in [5.74, 6) is -2.06. The minimum atomic E-state index is -1.03. The number of hydrogen-bond donors (Lipinski definition) is 3. The molecule has 1 aromatic carbocycles. The van der Waals surface area contributed by atoms with Gasteiger partial charge in [0.2, 0.25) is 5.91 Å². The van der Waals surface area contributed by atoms with Gasteiger partial charge in [0.25, 0.3) is 0 Å². The van der Waals surface area contributed by atoms with E-state index < -0.39 is 24.0 Å². The smallest absolute Gasteiger partial charge is 0.326 e. The lowest BCUT2D eigenvalue weighted by molar-refractivity contribution is -0.143. The van der Waals surface area contributed by atoms with Crippen LogP contribution in [0.15, 0.2) is 30.3 Å². The zero-order valence-corrected chi connectivity index (χ0v) is 12.0. The van der Waals surface area contributed by atoms with Crippen molar-refractivity contribution in [2.45, 2.75) is 32.9 Å². The third-order valence-corrected chi connectivity index (χ3v) is 3.37. The van der Waals surface area contributed by atoms with Crippen LogP contribution in [0.1, 0.15) is 32.4 Å². The Morgan fingerprint density at radius 2 is 1.70 bits per heavy atom. The Bertz CT molecular complexity index is 459.